The molecule has 6 N–H and O–H groups in total. The average Bonchev–Trinajstić information content (AvgIpc) is 3.61. The summed E-state index contributed by atoms with van der Waals surface area (Å²) >= 11 is 0. The summed E-state index contributed by atoms with van der Waals surface area (Å²) in [7, 11) is 1.55. The van der Waals surface area contributed by atoms with Crippen molar-refractivity contribution in [1.29, 1.82) is 0 Å². The topological polar surface area (TPSA) is 194 Å². The van der Waals surface area contributed by atoms with Gasteiger partial charge in [-0.1, -0.05) is 13.8 Å². The average molecular weight is 697 g/mol. The van der Waals surface area contributed by atoms with Crippen LogP contribution in [0.3, 0.4) is 0 Å². The van der Waals surface area contributed by atoms with Crippen LogP contribution < -0.4 is 0 Å². The van der Waals surface area contributed by atoms with Crippen molar-refractivity contribution in [1.82, 2.24) is 0 Å². The van der Waals surface area contributed by atoms with Crippen molar-refractivity contribution in [2.45, 2.75) is 158 Å². The number of carbonyl (C=O) groups excluding carboxylic acids is 1. The molecular weight excluding hydrogens is 640 g/mol. The number of hydrogen-bond donors (Lipinski definition) is 6. The molecular formula is C36H56O13. The number of aliphatic hydroxyl groups excluding tert-OH is 4. The molecule has 2 saturated heterocycles. The van der Waals surface area contributed by atoms with Gasteiger partial charge in [-0.15, -0.1) is 0 Å². The summed E-state index contributed by atoms with van der Waals surface area (Å²) in [5.74, 6) is 0.0783. The summed E-state index contributed by atoms with van der Waals surface area (Å²) in [6, 6.07) is 0. The predicted molar refractivity (Wildman–Crippen MR) is 170 cm³/mol. The van der Waals surface area contributed by atoms with Crippen LogP contribution in [0.4, 0.5) is 0 Å². The molecule has 4 saturated carbocycles. The molecule has 4 aliphatic carbocycles. The van der Waals surface area contributed by atoms with Crippen LogP contribution in [0, 0.1) is 28.6 Å². The Morgan fingerprint density at radius 2 is 1.63 bits per heavy atom. The van der Waals surface area contributed by atoms with E-state index in [1.165, 1.54) is 0 Å². The van der Waals surface area contributed by atoms with Gasteiger partial charge in [-0.05, 0) is 87.0 Å². The molecule has 3 heterocycles. The molecule has 0 aromatic carbocycles. The molecule has 0 radical (unpaired) electrons. The Bertz CT molecular complexity index is 1280. The minimum atomic E-state index is -1.56. The Kier molecular flexibility index (Phi) is 9.60. The maximum atomic E-state index is 12.5. The zero-order valence-electron chi connectivity index (χ0n) is 29.1. The van der Waals surface area contributed by atoms with Gasteiger partial charge >= 0.3 is 5.97 Å². The molecule has 7 aliphatic rings. The summed E-state index contributed by atoms with van der Waals surface area (Å²) < 4.78 is 35.4. The Hall–Kier alpha value is -1.23. The van der Waals surface area contributed by atoms with Gasteiger partial charge in [-0.25, -0.2) is 4.79 Å². The summed E-state index contributed by atoms with van der Waals surface area (Å²) in [5.41, 5.74) is -1.52. The van der Waals surface area contributed by atoms with Gasteiger partial charge in [0.25, 0.3) is 0 Å². The van der Waals surface area contributed by atoms with Gasteiger partial charge in [0.05, 0.1) is 36.1 Å². The van der Waals surface area contributed by atoms with Gasteiger partial charge in [-0.2, -0.15) is 0 Å². The number of aliphatic hydroxyl groups is 6. The van der Waals surface area contributed by atoms with Crippen LogP contribution in [0.1, 0.15) is 85.0 Å². The third-order valence-electron chi connectivity index (χ3n) is 14.5. The standard InChI is InChI=1S/C36H56O13/c1-18-31(49-32-30(41)29(40)28(39)25(16-37)48-32)24(44-4)14-27(46-18)47-20-5-9-33(2)22-6-10-34(3)21(19-13-26(38)45-17-19)8-12-36(34,43)23(22)7-11-35(33,42)15-20/h13,18,20-25,27-32,37,39-43H,5-12,14-17H2,1-4H3/t18-,20+,21-,22+,23+,24-,25+,27+,28+,29-,30+,31-,32-,33-,34-,35+,36+/m1/s1. The van der Waals surface area contributed by atoms with Crippen molar-refractivity contribution >= 4 is 5.97 Å². The molecule has 13 nitrogen and oxygen atoms in total. The number of rotatable bonds is 7. The lowest BCUT2D eigenvalue weighted by molar-refractivity contribution is -0.347. The van der Waals surface area contributed by atoms with Crippen LogP contribution in [0.2, 0.25) is 0 Å². The van der Waals surface area contributed by atoms with Crippen LogP contribution in [0.5, 0.6) is 0 Å². The number of hydrogen-bond acceptors (Lipinski definition) is 13. The van der Waals surface area contributed by atoms with Crippen LogP contribution in [-0.2, 0) is 33.2 Å². The number of ether oxygens (including phenoxy) is 6. The highest BCUT2D eigenvalue weighted by Crippen LogP contribution is 2.70. The van der Waals surface area contributed by atoms with Crippen LogP contribution in [-0.4, -0.2) is 130 Å². The van der Waals surface area contributed by atoms with Gasteiger partial charge in [0.1, 0.15) is 37.1 Å². The van der Waals surface area contributed by atoms with Crippen molar-refractivity contribution < 1.29 is 63.9 Å². The van der Waals surface area contributed by atoms with Crippen molar-refractivity contribution in [3.8, 4) is 0 Å². The first-order valence-electron chi connectivity index (χ1n) is 18.3. The first-order valence-corrected chi connectivity index (χ1v) is 18.3. The molecule has 0 spiro atoms. The molecule has 278 valence electrons. The molecule has 7 rings (SSSR count). The molecule has 0 unspecified atom stereocenters. The van der Waals surface area contributed by atoms with E-state index in [9.17, 15) is 35.4 Å². The lowest BCUT2D eigenvalue weighted by Crippen LogP contribution is -2.67. The predicted octanol–water partition coefficient (Wildman–Crippen LogP) is 1.08. The second kappa shape index (κ2) is 13.0. The van der Waals surface area contributed by atoms with E-state index >= 15 is 0 Å². The first-order chi connectivity index (χ1) is 23.2. The molecule has 49 heavy (non-hydrogen) atoms. The SMILES string of the molecule is CO[C@@H]1C[C@H](O[C@H]2CC[C@]3(C)[C@H]4CC[C@]5(C)[C@@H](C6=CC(=O)OC6)CC[C@]5(O)[C@H]4CC[C@]3(O)C2)O[C@H](C)[C@H]1O[C@H]1O[C@@H](CO)[C@H](O)[C@@H](O)[C@@H]1O. The van der Waals surface area contributed by atoms with E-state index in [1.807, 2.05) is 0 Å². The van der Waals surface area contributed by atoms with Gasteiger partial charge < -0.3 is 59.1 Å². The third-order valence-corrected chi connectivity index (χ3v) is 14.5. The van der Waals surface area contributed by atoms with Crippen LogP contribution in [0.15, 0.2) is 11.6 Å². The Morgan fingerprint density at radius 3 is 2.33 bits per heavy atom. The van der Waals surface area contributed by atoms with E-state index in [0.29, 0.717) is 32.3 Å². The Balaban J connectivity index is 0.994. The number of fused-ring (bicyclic) bond motifs is 5. The zero-order chi connectivity index (χ0) is 35.1. The molecule has 3 aliphatic heterocycles. The van der Waals surface area contributed by atoms with E-state index in [2.05, 4.69) is 13.8 Å². The molecule has 6 fully saturated rings. The Morgan fingerprint density at radius 1 is 0.898 bits per heavy atom. The zero-order valence-corrected chi connectivity index (χ0v) is 29.1. The normalized spacial score (nSPS) is 54.4. The molecule has 0 amide bonds. The maximum Gasteiger partial charge on any atom is 0.331 e. The summed E-state index contributed by atoms with van der Waals surface area (Å²) in [6.45, 7) is 5.98. The fourth-order valence-electron chi connectivity index (χ4n) is 11.5. The minimum absolute atomic E-state index is 0.0724. The number of cyclic esters (lactones) is 1. The van der Waals surface area contributed by atoms with Crippen molar-refractivity contribution in [3.05, 3.63) is 11.6 Å². The quantitative estimate of drug-likeness (QED) is 0.164. The fraction of sp³-hybridized carbons (Fsp3) is 0.917. The van der Waals surface area contributed by atoms with Gasteiger partial charge in [-0.3, -0.25) is 0 Å². The Labute approximate surface area is 287 Å². The number of esters is 1. The summed E-state index contributed by atoms with van der Waals surface area (Å²) in [4.78, 5) is 11.9. The van der Waals surface area contributed by atoms with Crippen molar-refractivity contribution in [2.75, 3.05) is 20.3 Å². The maximum absolute atomic E-state index is 12.5. The monoisotopic (exact) mass is 696 g/mol. The highest BCUT2D eigenvalue weighted by Gasteiger charge is 2.70. The van der Waals surface area contributed by atoms with Gasteiger partial charge in [0.15, 0.2) is 12.6 Å². The highest BCUT2D eigenvalue weighted by molar-refractivity contribution is 5.85. The molecule has 17 atom stereocenters. The summed E-state index contributed by atoms with van der Waals surface area (Å²) in [5, 5.41) is 65.4. The van der Waals surface area contributed by atoms with Gasteiger partial charge in [0.2, 0.25) is 0 Å². The van der Waals surface area contributed by atoms with Crippen LogP contribution >= 0.6 is 0 Å². The van der Waals surface area contributed by atoms with Gasteiger partial charge in [0, 0.05) is 31.4 Å². The fourth-order valence-corrected chi connectivity index (χ4v) is 11.5. The highest BCUT2D eigenvalue weighted by atomic mass is 16.7. The smallest absolute Gasteiger partial charge is 0.331 e. The van der Waals surface area contributed by atoms with Crippen molar-refractivity contribution in [2.24, 2.45) is 28.6 Å². The third kappa shape index (κ3) is 5.65. The minimum Gasteiger partial charge on any atom is -0.458 e. The molecule has 0 bridgehead atoms. The first kappa shape index (κ1) is 36.1. The van der Waals surface area contributed by atoms with E-state index < -0.39 is 73.1 Å². The number of carbonyl (C=O) groups is 1. The molecule has 0 aromatic heterocycles. The second-order valence-corrected chi connectivity index (χ2v) is 16.6. The lowest BCUT2D eigenvalue weighted by Gasteiger charge is -2.66. The van der Waals surface area contributed by atoms with E-state index in [1.54, 1.807) is 20.1 Å². The largest absolute Gasteiger partial charge is 0.458 e. The molecule has 13 heteroatoms. The van der Waals surface area contributed by atoms with E-state index in [0.717, 1.165) is 44.1 Å². The second-order valence-electron chi connectivity index (χ2n) is 16.6. The van der Waals surface area contributed by atoms with Crippen LogP contribution in [0.25, 0.3) is 0 Å². The van der Waals surface area contributed by atoms with E-state index in [4.69, 9.17) is 28.4 Å². The van der Waals surface area contributed by atoms with Crippen molar-refractivity contribution in [3.63, 3.8) is 0 Å². The number of methoxy groups -OCH3 is 1. The molecule has 0 aromatic rings. The summed E-state index contributed by atoms with van der Waals surface area (Å²) in [6.07, 6.45) is -1.10. The lowest BCUT2D eigenvalue weighted by atomic mass is 9.42. The van der Waals surface area contributed by atoms with E-state index in [-0.39, 0.29) is 40.7 Å².